The Hall–Kier alpha value is -2.37. The van der Waals surface area contributed by atoms with E-state index in [1.165, 1.54) is 0 Å². The van der Waals surface area contributed by atoms with Crippen LogP contribution >= 0.6 is 0 Å². The van der Waals surface area contributed by atoms with Crippen molar-refractivity contribution in [2.24, 2.45) is 0 Å². The normalized spacial score (nSPS) is 14.6. The van der Waals surface area contributed by atoms with E-state index < -0.39 is 17.8 Å². The molecule has 0 spiro atoms. The van der Waals surface area contributed by atoms with Crippen LogP contribution in [0.2, 0.25) is 0 Å². The molecule has 0 aliphatic carbocycles. The molecule has 0 unspecified atom stereocenters. The van der Waals surface area contributed by atoms with Crippen LogP contribution in [0.15, 0.2) is 24.3 Å². The van der Waals surface area contributed by atoms with E-state index in [4.69, 9.17) is 9.57 Å². The van der Waals surface area contributed by atoms with Crippen LogP contribution in [0.4, 0.5) is 0 Å². The van der Waals surface area contributed by atoms with Gasteiger partial charge in [-0.1, -0.05) is 12.1 Å². The topological polar surface area (TPSA) is 72.9 Å². The molecule has 1 aliphatic heterocycles. The molecule has 1 aromatic rings. The van der Waals surface area contributed by atoms with Gasteiger partial charge in [-0.2, -0.15) is 0 Å². The highest BCUT2D eigenvalue weighted by Crippen LogP contribution is 2.15. The molecule has 2 rings (SSSR count). The van der Waals surface area contributed by atoms with Gasteiger partial charge < -0.3 is 9.57 Å². The Morgan fingerprint density at radius 1 is 1.15 bits per heavy atom. The van der Waals surface area contributed by atoms with Crippen molar-refractivity contribution >= 4 is 17.8 Å². The second-order valence-corrected chi connectivity index (χ2v) is 4.39. The molecule has 0 radical (unpaired) electrons. The van der Waals surface area contributed by atoms with Gasteiger partial charge in [-0.25, -0.2) is 4.79 Å². The third-order valence-electron chi connectivity index (χ3n) is 2.98. The Balaban J connectivity index is 1.82. The van der Waals surface area contributed by atoms with Crippen molar-refractivity contribution in [3.05, 3.63) is 29.8 Å². The van der Waals surface area contributed by atoms with Gasteiger partial charge in [-0.3, -0.25) is 9.59 Å². The van der Waals surface area contributed by atoms with Gasteiger partial charge in [0.1, 0.15) is 5.75 Å². The van der Waals surface area contributed by atoms with Crippen LogP contribution in [0, 0.1) is 0 Å². The van der Waals surface area contributed by atoms with Crippen molar-refractivity contribution in [2.45, 2.75) is 25.7 Å². The Morgan fingerprint density at radius 3 is 2.30 bits per heavy atom. The molecule has 6 heteroatoms. The lowest BCUT2D eigenvalue weighted by Crippen LogP contribution is -2.32. The molecular weight excluding hydrogens is 262 g/mol. The van der Waals surface area contributed by atoms with Crippen molar-refractivity contribution < 1.29 is 24.0 Å². The number of rotatable bonds is 5. The first kappa shape index (κ1) is 14.0. The molecule has 0 N–H and O–H groups in total. The molecule has 0 bridgehead atoms. The molecule has 0 atom stereocenters. The standard InChI is InChI=1S/C14H15NO5/c1-19-11-5-2-10(3-6-11)4-9-14(18)20-15-12(16)7-8-13(15)17/h2-3,5-6H,4,7-9H2,1H3. The number of benzene rings is 1. The summed E-state index contributed by atoms with van der Waals surface area (Å²) in [5.41, 5.74) is 0.946. The van der Waals surface area contributed by atoms with Crippen LogP contribution in [0.1, 0.15) is 24.8 Å². The summed E-state index contributed by atoms with van der Waals surface area (Å²) in [6.45, 7) is 0. The molecular formula is C14H15NO5. The number of ether oxygens (including phenoxy) is 1. The second-order valence-electron chi connectivity index (χ2n) is 4.39. The highest BCUT2D eigenvalue weighted by atomic mass is 16.7. The maximum absolute atomic E-state index is 11.6. The summed E-state index contributed by atoms with van der Waals surface area (Å²) in [7, 11) is 1.58. The van der Waals surface area contributed by atoms with Crippen LogP contribution in [0.3, 0.4) is 0 Å². The number of nitrogens with zero attached hydrogens (tertiary/aromatic N) is 1. The first-order valence-electron chi connectivity index (χ1n) is 6.29. The first-order valence-corrected chi connectivity index (χ1v) is 6.29. The highest BCUT2D eigenvalue weighted by Gasteiger charge is 2.32. The Labute approximate surface area is 116 Å². The minimum absolute atomic E-state index is 0.101. The SMILES string of the molecule is COc1ccc(CCC(=O)ON2C(=O)CCC2=O)cc1. The highest BCUT2D eigenvalue weighted by molar-refractivity contribution is 6.01. The van der Waals surface area contributed by atoms with E-state index in [0.717, 1.165) is 11.3 Å². The molecule has 1 saturated heterocycles. The number of imide groups is 1. The summed E-state index contributed by atoms with van der Waals surface area (Å²) in [6.07, 6.45) is 0.775. The first-order chi connectivity index (χ1) is 9.60. The minimum Gasteiger partial charge on any atom is -0.497 e. The molecule has 20 heavy (non-hydrogen) atoms. The zero-order valence-electron chi connectivity index (χ0n) is 11.1. The molecule has 1 aliphatic rings. The fourth-order valence-corrected chi connectivity index (χ4v) is 1.84. The van der Waals surface area contributed by atoms with E-state index in [2.05, 4.69) is 0 Å². The zero-order valence-corrected chi connectivity index (χ0v) is 11.1. The van der Waals surface area contributed by atoms with Crippen molar-refractivity contribution in [1.82, 2.24) is 5.06 Å². The third kappa shape index (κ3) is 3.34. The van der Waals surface area contributed by atoms with Crippen molar-refractivity contribution in [1.29, 1.82) is 0 Å². The van der Waals surface area contributed by atoms with E-state index in [0.29, 0.717) is 11.5 Å². The van der Waals surface area contributed by atoms with E-state index in [1.54, 1.807) is 19.2 Å². The fraction of sp³-hybridized carbons (Fsp3) is 0.357. The summed E-state index contributed by atoms with van der Waals surface area (Å²) in [5.74, 6) is -0.783. The molecule has 106 valence electrons. The van der Waals surface area contributed by atoms with E-state index in [-0.39, 0.29) is 19.3 Å². The lowest BCUT2D eigenvalue weighted by atomic mass is 10.1. The van der Waals surface area contributed by atoms with Crippen LogP contribution in [0.5, 0.6) is 5.75 Å². The van der Waals surface area contributed by atoms with Gasteiger partial charge >= 0.3 is 5.97 Å². The Kier molecular flexibility index (Phi) is 4.34. The molecule has 0 aromatic heterocycles. The summed E-state index contributed by atoms with van der Waals surface area (Å²) >= 11 is 0. The Bertz CT molecular complexity index is 507. The molecule has 1 aromatic carbocycles. The lowest BCUT2D eigenvalue weighted by molar-refractivity contribution is -0.197. The van der Waals surface area contributed by atoms with Gasteiger partial charge in [-0.05, 0) is 24.1 Å². The number of methoxy groups -OCH3 is 1. The van der Waals surface area contributed by atoms with Crippen molar-refractivity contribution in [3.63, 3.8) is 0 Å². The predicted octanol–water partition coefficient (Wildman–Crippen LogP) is 1.23. The van der Waals surface area contributed by atoms with Crippen LogP contribution in [-0.2, 0) is 25.6 Å². The van der Waals surface area contributed by atoms with Gasteiger partial charge in [0, 0.05) is 12.8 Å². The van der Waals surface area contributed by atoms with Crippen molar-refractivity contribution in [3.8, 4) is 5.75 Å². The van der Waals surface area contributed by atoms with Crippen LogP contribution in [-0.4, -0.2) is 30.0 Å². The molecule has 0 saturated carbocycles. The third-order valence-corrected chi connectivity index (χ3v) is 2.98. The van der Waals surface area contributed by atoms with Gasteiger partial charge in [0.05, 0.1) is 13.5 Å². The van der Waals surface area contributed by atoms with Crippen molar-refractivity contribution in [2.75, 3.05) is 7.11 Å². The Morgan fingerprint density at radius 2 is 1.75 bits per heavy atom. The summed E-state index contributed by atoms with van der Waals surface area (Å²) in [6, 6.07) is 7.29. The fourth-order valence-electron chi connectivity index (χ4n) is 1.84. The van der Waals surface area contributed by atoms with Gasteiger partial charge in [0.2, 0.25) is 0 Å². The summed E-state index contributed by atoms with van der Waals surface area (Å²) in [4.78, 5) is 38.9. The second kappa shape index (κ2) is 6.18. The van der Waals surface area contributed by atoms with Gasteiger partial charge in [-0.15, -0.1) is 5.06 Å². The van der Waals surface area contributed by atoms with Crippen LogP contribution < -0.4 is 4.74 Å². The zero-order chi connectivity index (χ0) is 14.5. The number of carbonyl (C=O) groups excluding carboxylic acids is 3. The van der Waals surface area contributed by atoms with Gasteiger partial charge in [0.15, 0.2) is 0 Å². The van der Waals surface area contributed by atoms with E-state index >= 15 is 0 Å². The summed E-state index contributed by atoms with van der Waals surface area (Å²) < 4.78 is 5.03. The maximum atomic E-state index is 11.6. The average Bonchev–Trinajstić information content (AvgIpc) is 2.77. The minimum atomic E-state index is -0.593. The van der Waals surface area contributed by atoms with E-state index in [9.17, 15) is 14.4 Å². The quantitative estimate of drug-likeness (QED) is 0.757. The predicted molar refractivity (Wildman–Crippen MR) is 68.5 cm³/mol. The maximum Gasteiger partial charge on any atom is 0.333 e. The molecule has 2 amide bonds. The largest absolute Gasteiger partial charge is 0.497 e. The number of hydrogen-bond donors (Lipinski definition) is 0. The lowest BCUT2D eigenvalue weighted by Gasteiger charge is -2.12. The average molecular weight is 277 g/mol. The smallest absolute Gasteiger partial charge is 0.333 e. The number of hydrogen-bond acceptors (Lipinski definition) is 5. The molecule has 1 fully saturated rings. The monoisotopic (exact) mass is 277 g/mol. The summed E-state index contributed by atoms with van der Waals surface area (Å²) in [5, 5.41) is 0.566. The number of hydroxylamine groups is 2. The number of carbonyl (C=O) groups is 3. The van der Waals surface area contributed by atoms with Gasteiger partial charge in [0.25, 0.3) is 11.8 Å². The molecule has 6 nitrogen and oxygen atoms in total. The molecule has 1 heterocycles. The van der Waals surface area contributed by atoms with Crippen LogP contribution in [0.25, 0.3) is 0 Å². The van der Waals surface area contributed by atoms with E-state index in [1.807, 2.05) is 12.1 Å². The number of aryl methyl sites for hydroxylation is 1. The number of amides is 2.